The van der Waals surface area contributed by atoms with Crippen molar-refractivity contribution >= 4 is 5.95 Å². The van der Waals surface area contributed by atoms with Gasteiger partial charge in [-0.2, -0.15) is 9.97 Å². The third-order valence-electron chi connectivity index (χ3n) is 3.28. The summed E-state index contributed by atoms with van der Waals surface area (Å²) in [7, 11) is 5.15. The van der Waals surface area contributed by atoms with E-state index in [4.69, 9.17) is 14.2 Å². The van der Waals surface area contributed by atoms with Gasteiger partial charge < -0.3 is 14.2 Å². The van der Waals surface area contributed by atoms with Gasteiger partial charge in [-0.3, -0.25) is 0 Å². The van der Waals surface area contributed by atoms with Gasteiger partial charge in [-0.25, -0.2) is 9.47 Å². The minimum Gasteiger partial charge on any atom is -0.363 e. The van der Waals surface area contributed by atoms with Crippen molar-refractivity contribution in [2.24, 2.45) is 0 Å². The average Bonchev–Trinajstić information content (AvgIpc) is 2.41. The van der Waals surface area contributed by atoms with Gasteiger partial charge in [-0.05, 0) is 0 Å². The smallest absolute Gasteiger partial charge is 0.350 e. The number of ether oxygens (including phenoxy) is 3. The van der Waals surface area contributed by atoms with E-state index in [0.29, 0.717) is 30.2 Å². The van der Waals surface area contributed by atoms with Crippen molar-refractivity contribution in [2.45, 2.75) is 5.91 Å². The Morgan fingerprint density at radius 1 is 1.29 bits per heavy atom. The Morgan fingerprint density at radius 2 is 1.94 bits per heavy atom. The Morgan fingerprint density at radius 3 is 2.53 bits per heavy atom. The molecule has 17 heavy (non-hydrogen) atoms. The number of hydrogen-bond acceptors (Lipinski definition) is 6. The number of aromatic nitrogens is 3. The molecule has 1 saturated heterocycles. The lowest BCUT2D eigenvalue weighted by Crippen LogP contribution is -2.72. The molecule has 1 fully saturated rings. The minimum absolute atomic E-state index is 0.308. The van der Waals surface area contributed by atoms with E-state index in [1.165, 1.54) is 12.7 Å². The molecule has 2 heterocycles. The molecule has 7 nitrogen and oxygen atoms in total. The van der Waals surface area contributed by atoms with Crippen molar-refractivity contribution in [3.63, 3.8) is 0 Å². The summed E-state index contributed by atoms with van der Waals surface area (Å²) < 4.78 is 16.8. The van der Waals surface area contributed by atoms with Crippen LogP contribution in [0.3, 0.4) is 0 Å². The normalized spacial score (nSPS) is 27.9. The van der Waals surface area contributed by atoms with Crippen LogP contribution in [-0.2, 0) is 14.2 Å². The van der Waals surface area contributed by atoms with E-state index in [1.54, 1.807) is 14.2 Å². The van der Waals surface area contributed by atoms with E-state index < -0.39 is 5.91 Å². The summed E-state index contributed by atoms with van der Waals surface area (Å²) in [5.41, 5.74) is 0. The van der Waals surface area contributed by atoms with Gasteiger partial charge >= 0.3 is 11.9 Å². The zero-order valence-electron chi connectivity index (χ0n) is 10.3. The molecular weight excluding hydrogens is 224 g/mol. The second-order valence-corrected chi connectivity index (χ2v) is 4.03. The van der Waals surface area contributed by atoms with Crippen molar-refractivity contribution < 1.29 is 14.2 Å². The van der Waals surface area contributed by atoms with Crippen LogP contribution in [0.5, 0.6) is 0 Å². The molecule has 1 atom stereocenters. The Hall–Kier alpha value is -1.15. The molecule has 0 amide bonds. The lowest BCUT2D eigenvalue weighted by Gasteiger charge is -2.47. The summed E-state index contributed by atoms with van der Waals surface area (Å²) in [4.78, 5) is 12.2. The maximum Gasteiger partial charge on any atom is 0.350 e. The Bertz CT molecular complexity index is 371. The summed E-state index contributed by atoms with van der Waals surface area (Å²) in [6.45, 7) is 1.62. The Labute approximate surface area is 99.9 Å². The molecule has 1 aromatic heterocycles. The SMILES string of the molecule is COC1(OC)COCC[N+]1(C)c1ncncn1. The number of morpholine rings is 1. The standard InChI is InChI=1S/C10H17N4O3/c1-14(9-12-7-11-8-13-9)4-5-17-6-10(14,15-2)16-3/h7-8H,4-6H2,1-3H3/q+1. The van der Waals surface area contributed by atoms with E-state index >= 15 is 0 Å². The van der Waals surface area contributed by atoms with E-state index in [0.717, 1.165) is 0 Å². The first-order valence-corrected chi connectivity index (χ1v) is 5.35. The molecule has 1 aliphatic rings. The highest BCUT2D eigenvalue weighted by atomic mass is 16.7. The van der Waals surface area contributed by atoms with Gasteiger partial charge in [0.15, 0.2) is 6.61 Å². The van der Waals surface area contributed by atoms with Gasteiger partial charge in [-0.1, -0.05) is 0 Å². The molecule has 1 unspecified atom stereocenters. The molecular formula is C10H17N4O3+. The zero-order valence-corrected chi connectivity index (χ0v) is 10.3. The van der Waals surface area contributed by atoms with Crippen LogP contribution in [0.25, 0.3) is 0 Å². The highest BCUT2D eigenvalue weighted by Crippen LogP contribution is 2.32. The van der Waals surface area contributed by atoms with Crippen molar-refractivity contribution in [1.82, 2.24) is 19.4 Å². The molecule has 94 valence electrons. The first-order valence-electron chi connectivity index (χ1n) is 5.35. The first-order chi connectivity index (χ1) is 8.18. The quantitative estimate of drug-likeness (QED) is 0.538. The molecule has 0 aromatic carbocycles. The molecule has 0 saturated carbocycles. The van der Waals surface area contributed by atoms with Gasteiger partial charge in [0, 0.05) is 14.2 Å². The molecule has 0 N–H and O–H groups in total. The molecule has 0 aliphatic carbocycles. The van der Waals surface area contributed by atoms with Crippen LogP contribution >= 0.6 is 0 Å². The fraction of sp³-hybridized carbons (Fsp3) is 0.700. The monoisotopic (exact) mass is 241 g/mol. The van der Waals surface area contributed by atoms with Crippen LogP contribution < -0.4 is 4.48 Å². The molecule has 0 bridgehead atoms. The van der Waals surface area contributed by atoms with Gasteiger partial charge in [0.25, 0.3) is 0 Å². The lowest BCUT2D eigenvalue weighted by atomic mass is 10.3. The Balaban J connectivity index is 2.44. The fourth-order valence-corrected chi connectivity index (χ4v) is 2.11. The van der Waals surface area contributed by atoms with E-state index in [-0.39, 0.29) is 0 Å². The summed E-state index contributed by atoms with van der Waals surface area (Å²) >= 11 is 0. The maximum absolute atomic E-state index is 5.52. The second kappa shape index (κ2) is 4.61. The van der Waals surface area contributed by atoms with Crippen LogP contribution in [-0.4, -0.2) is 61.9 Å². The van der Waals surface area contributed by atoms with E-state index in [2.05, 4.69) is 15.0 Å². The highest BCUT2D eigenvalue weighted by molar-refractivity contribution is 5.25. The number of hydrogen-bond donors (Lipinski definition) is 0. The highest BCUT2D eigenvalue weighted by Gasteiger charge is 2.56. The largest absolute Gasteiger partial charge is 0.363 e. The number of quaternary nitrogens is 1. The Kier molecular flexibility index (Phi) is 3.34. The van der Waals surface area contributed by atoms with Crippen molar-refractivity contribution in [2.75, 3.05) is 41.0 Å². The molecule has 1 aliphatic heterocycles. The van der Waals surface area contributed by atoms with Gasteiger partial charge in [0.2, 0.25) is 0 Å². The van der Waals surface area contributed by atoms with Crippen molar-refractivity contribution in [3.05, 3.63) is 12.7 Å². The van der Waals surface area contributed by atoms with Crippen LogP contribution in [0.15, 0.2) is 12.7 Å². The molecule has 7 heteroatoms. The zero-order chi connectivity index (χ0) is 12.4. The van der Waals surface area contributed by atoms with Gasteiger partial charge in [0.05, 0.1) is 13.7 Å². The summed E-state index contributed by atoms with van der Waals surface area (Å²) in [6.07, 6.45) is 2.94. The predicted molar refractivity (Wildman–Crippen MR) is 60.0 cm³/mol. The predicted octanol–water partition coefficient (Wildman–Crippen LogP) is -0.214. The van der Waals surface area contributed by atoms with Crippen LogP contribution in [0.4, 0.5) is 5.95 Å². The van der Waals surface area contributed by atoms with Crippen LogP contribution in [0, 0.1) is 0 Å². The van der Waals surface area contributed by atoms with Crippen molar-refractivity contribution in [3.8, 4) is 0 Å². The number of nitrogens with zero attached hydrogens (tertiary/aromatic N) is 4. The third-order valence-corrected chi connectivity index (χ3v) is 3.28. The fourth-order valence-electron chi connectivity index (χ4n) is 2.11. The molecule has 1 aromatic rings. The van der Waals surface area contributed by atoms with Crippen LogP contribution in [0.2, 0.25) is 0 Å². The number of rotatable bonds is 3. The summed E-state index contributed by atoms with van der Waals surface area (Å²) in [5, 5.41) is 0. The summed E-state index contributed by atoms with van der Waals surface area (Å²) in [5.74, 6) is -0.313. The topological polar surface area (TPSA) is 66.4 Å². The second-order valence-electron chi connectivity index (χ2n) is 4.03. The molecule has 0 radical (unpaired) electrons. The van der Waals surface area contributed by atoms with E-state index in [9.17, 15) is 0 Å². The molecule has 0 spiro atoms. The third kappa shape index (κ3) is 1.81. The molecule has 2 rings (SSSR count). The number of likely N-dealkylation sites (N-methyl/N-ethyl adjacent to an activating group) is 1. The first kappa shape index (κ1) is 12.3. The van der Waals surface area contributed by atoms with Crippen molar-refractivity contribution in [1.29, 1.82) is 0 Å². The lowest BCUT2D eigenvalue weighted by molar-refractivity contribution is -0.324. The van der Waals surface area contributed by atoms with Gasteiger partial charge in [-0.15, -0.1) is 0 Å². The average molecular weight is 241 g/mol. The maximum atomic E-state index is 5.52. The minimum atomic E-state index is -0.917. The summed E-state index contributed by atoms with van der Waals surface area (Å²) in [6, 6.07) is 0. The number of methoxy groups -OCH3 is 2. The van der Waals surface area contributed by atoms with Gasteiger partial charge in [0.1, 0.15) is 19.2 Å². The van der Waals surface area contributed by atoms with E-state index in [1.807, 2.05) is 7.05 Å². The van der Waals surface area contributed by atoms with Crippen LogP contribution in [0.1, 0.15) is 0 Å².